The zero-order chi connectivity index (χ0) is 18.1. The average molecular weight is 352 g/mol. The third-order valence-electron chi connectivity index (χ3n) is 3.01. The lowest BCUT2D eigenvalue weighted by atomic mass is 9.93. The van der Waals surface area contributed by atoms with E-state index in [1.165, 1.54) is 6.20 Å². The molecule has 1 aliphatic rings. The third-order valence-corrected chi connectivity index (χ3v) is 3.01. The Morgan fingerprint density at radius 2 is 2.21 bits per heavy atom. The van der Waals surface area contributed by atoms with Crippen LogP contribution in [0.3, 0.4) is 0 Å². The van der Waals surface area contributed by atoms with Gasteiger partial charge in [-0.05, 0) is 0 Å². The molecule has 0 radical (unpaired) electrons. The predicted octanol–water partition coefficient (Wildman–Crippen LogP) is -1.70. The fourth-order valence-electron chi connectivity index (χ4n) is 1.98. The van der Waals surface area contributed by atoms with Gasteiger partial charge in [0, 0.05) is 6.54 Å². The van der Waals surface area contributed by atoms with Crippen molar-refractivity contribution in [2.75, 3.05) is 0 Å². The van der Waals surface area contributed by atoms with E-state index in [0.717, 1.165) is 4.80 Å². The lowest BCUT2D eigenvalue weighted by molar-refractivity contribution is -0.230. The molecule has 1 aromatic heterocycles. The van der Waals surface area contributed by atoms with Crippen molar-refractivity contribution in [1.29, 1.82) is 0 Å². The Morgan fingerprint density at radius 3 is 2.67 bits per heavy atom. The largest absolute Gasteiger partial charge is 0.491 e. The number of hydrogen-bond acceptors (Lipinski definition) is 7. The van der Waals surface area contributed by atoms with E-state index in [-0.39, 0.29) is 12.2 Å². The Morgan fingerprint density at radius 1 is 1.54 bits per heavy atom. The molecular weight excluding hydrogens is 341 g/mol. The number of carboxylic acid groups (broad SMARTS) is 1. The Hall–Kier alpha value is -2.90. The monoisotopic (exact) mass is 352 g/mol. The van der Waals surface area contributed by atoms with Crippen molar-refractivity contribution in [3.8, 4) is 0 Å². The Kier molecular flexibility index (Phi) is 4.33. The third kappa shape index (κ3) is 3.37. The Labute approximate surface area is 130 Å². The number of alkyl halides is 3. The summed E-state index contributed by atoms with van der Waals surface area (Å²) >= 11 is 0. The van der Waals surface area contributed by atoms with Crippen LogP contribution in [0.15, 0.2) is 6.20 Å². The van der Waals surface area contributed by atoms with Gasteiger partial charge in [-0.25, -0.2) is 9.59 Å². The molecule has 1 aliphatic heterocycles. The van der Waals surface area contributed by atoms with Crippen LogP contribution in [0.1, 0.15) is 5.69 Å². The molecule has 2 atom stereocenters. The number of amides is 2. The van der Waals surface area contributed by atoms with Crippen molar-refractivity contribution in [3.05, 3.63) is 11.9 Å². The molecule has 0 bridgehead atoms. The smallest absolute Gasteiger partial charge is 0.465 e. The maximum atomic E-state index is 12.4. The lowest BCUT2D eigenvalue weighted by Crippen LogP contribution is -2.81. The van der Waals surface area contributed by atoms with E-state index in [1.54, 1.807) is 5.32 Å². The van der Waals surface area contributed by atoms with E-state index in [2.05, 4.69) is 14.9 Å². The highest BCUT2D eigenvalue weighted by Crippen LogP contribution is 2.29. The van der Waals surface area contributed by atoms with Gasteiger partial charge in [0.25, 0.3) is 5.91 Å². The van der Waals surface area contributed by atoms with Crippen LogP contribution < -0.4 is 16.4 Å². The number of rotatable bonds is 5. The number of nitrogens with zero attached hydrogens (tertiary/aromatic N) is 3. The number of carbonyl (C=O) groups is 3. The number of esters is 1. The van der Waals surface area contributed by atoms with Gasteiger partial charge in [0.2, 0.25) is 5.72 Å². The van der Waals surface area contributed by atoms with Crippen molar-refractivity contribution < 1.29 is 37.4 Å². The minimum absolute atomic E-state index is 0.0154. The number of carbonyl (C=O) groups excluding carboxylic acids is 2. The molecule has 132 valence electrons. The number of nitrogens with one attached hydrogen (secondary N) is 2. The van der Waals surface area contributed by atoms with Gasteiger partial charge >= 0.3 is 18.2 Å². The van der Waals surface area contributed by atoms with Gasteiger partial charge in [0.1, 0.15) is 6.54 Å². The first-order chi connectivity index (χ1) is 11.1. The first-order valence-electron chi connectivity index (χ1n) is 6.28. The summed E-state index contributed by atoms with van der Waals surface area (Å²) in [4.78, 5) is 34.1. The highest BCUT2D eigenvalue weighted by Gasteiger charge is 2.61. The highest BCUT2D eigenvalue weighted by molar-refractivity contribution is 5.94. The van der Waals surface area contributed by atoms with Gasteiger partial charge in [-0.15, -0.1) is 0 Å². The van der Waals surface area contributed by atoms with Gasteiger partial charge in [-0.1, -0.05) is 0 Å². The minimum Gasteiger partial charge on any atom is -0.465 e. The predicted molar refractivity (Wildman–Crippen MR) is 65.9 cm³/mol. The summed E-state index contributed by atoms with van der Waals surface area (Å²) < 4.78 is 41.7. The maximum Gasteiger partial charge on any atom is 0.491 e. The average Bonchev–Trinajstić information content (AvgIpc) is 2.91. The summed E-state index contributed by atoms with van der Waals surface area (Å²) in [5.74, 6) is -3.58. The fourth-order valence-corrected chi connectivity index (χ4v) is 1.98. The van der Waals surface area contributed by atoms with E-state index < -0.39 is 42.5 Å². The maximum absolute atomic E-state index is 12.4. The quantitative estimate of drug-likeness (QED) is 0.360. The summed E-state index contributed by atoms with van der Waals surface area (Å²) in [6.45, 7) is -0.677. The van der Waals surface area contributed by atoms with Crippen molar-refractivity contribution >= 4 is 18.0 Å². The summed E-state index contributed by atoms with van der Waals surface area (Å²) in [5.41, 5.74) is 3.27. The van der Waals surface area contributed by atoms with Crippen molar-refractivity contribution in [2.24, 2.45) is 5.73 Å². The van der Waals surface area contributed by atoms with Gasteiger partial charge in [-0.2, -0.15) is 28.2 Å². The van der Waals surface area contributed by atoms with Crippen LogP contribution >= 0.6 is 0 Å². The van der Waals surface area contributed by atoms with Gasteiger partial charge < -0.3 is 26.2 Å². The molecule has 2 heterocycles. The lowest BCUT2D eigenvalue weighted by Gasteiger charge is -2.46. The Balaban J connectivity index is 2.28. The second-order valence-electron chi connectivity index (χ2n) is 4.72. The second-order valence-corrected chi connectivity index (χ2v) is 4.72. The number of hydrogen-bond donors (Lipinski definition) is 4. The van der Waals surface area contributed by atoms with Crippen LogP contribution in [-0.2, 0) is 27.4 Å². The fraction of sp³-hybridized carbons (Fsp3) is 0.500. The van der Waals surface area contributed by atoms with E-state index in [4.69, 9.17) is 10.8 Å². The van der Waals surface area contributed by atoms with Crippen LogP contribution in [0.2, 0.25) is 0 Å². The van der Waals surface area contributed by atoms with Crippen LogP contribution in [-0.4, -0.2) is 56.0 Å². The summed E-state index contributed by atoms with van der Waals surface area (Å²) in [6, 6.07) is -1.77. The van der Waals surface area contributed by atoms with E-state index in [0.29, 0.717) is 0 Å². The molecule has 1 fully saturated rings. The van der Waals surface area contributed by atoms with Crippen LogP contribution in [0.5, 0.6) is 0 Å². The number of nitrogens with two attached hydrogens (primary N) is 1. The molecule has 1 aromatic rings. The molecule has 1 saturated heterocycles. The molecule has 5 N–H and O–H groups in total. The first kappa shape index (κ1) is 17.5. The number of ether oxygens (including phenoxy) is 1. The molecule has 14 heteroatoms. The Bertz CT molecular complexity index is 676. The summed E-state index contributed by atoms with van der Waals surface area (Å²) in [7, 11) is 0. The van der Waals surface area contributed by atoms with Gasteiger partial charge in [0.05, 0.1) is 11.9 Å². The molecule has 0 saturated carbocycles. The van der Waals surface area contributed by atoms with Crippen LogP contribution in [0, 0.1) is 0 Å². The minimum atomic E-state index is -5.35. The van der Waals surface area contributed by atoms with Crippen LogP contribution in [0.4, 0.5) is 18.0 Å². The summed E-state index contributed by atoms with van der Waals surface area (Å²) in [5, 5.41) is 19.8. The normalized spacial score (nSPS) is 23.2. The molecule has 0 aliphatic carbocycles. The molecule has 0 unspecified atom stereocenters. The van der Waals surface area contributed by atoms with Crippen LogP contribution in [0.25, 0.3) is 0 Å². The van der Waals surface area contributed by atoms with Crippen molar-refractivity contribution in [3.63, 3.8) is 0 Å². The first-order valence-corrected chi connectivity index (χ1v) is 6.28. The topological polar surface area (TPSA) is 161 Å². The molecule has 2 amide bonds. The van der Waals surface area contributed by atoms with E-state index >= 15 is 0 Å². The molecule has 0 spiro atoms. The number of halogens is 3. The zero-order valence-corrected chi connectivity index (χ0v) is 11.7. The second kappa shape index (κ2) is 5.95. The molecular formula is C10H11F3N6O5. The highest BCUT2D eigenvalue weighted by atomic mass is 19.4. The van der Waals surface area contributed by atoms with E-state index in [9.17, 15) is 27.6 Å². The molecule has 11 nitrogen and oxygen atoms in total. The molecule has 0 aromatic carbocycles. The van der Waals surface area contributed by atoms with Gasteiger partial charge in [-0.3, -0.25) is 4.79 Å². The summed E-state index contributed by atoms with van der Waals surface area (Å²) in [6.07, 6.45) is -5.83. The number of β-lactam (4-membered cyclic amide) rings is 1. The number of aromatic nitrogens is 3. The molecule has 2 rings (SSSR count). The van der Waals surface area contributed by atoms with Crippen molar-refractivity contribution in [2.45, 2.75) is 31.0 Å². The molecule has 24 heavy (non-hydrogen) atoms. The van der Waals surface area contributed by atoms with E-state index in [1.807, 2.05) is 5.32 Å². The van der Waals surface area contributed by atoms with Crippen molar-refractivity contribution in [1.82, 2.24) is 25.6 Å². The SMILES string of the molecule is NCc1cnn(C[C@]2(OC(=O)C(F)(F)F)NC(=O)[C@H]2NC(=O)O)n1. The standard InChI is InChI=1S/C10H11F3N6O5/c11-10(12,13)7(21)24-9(3-19-15-2-4(1-14)18-19)5(6(20)17-9)16-8(22)23/h2,5,16H,1,3,14H2,(H,17,20)(H,22,23)/t5-,9-/m1/s1. The van der Waals surface area contributed by atoms with Gasteiger partial charge in [0.15, 0.2) is 6.04 Å². The zero-order valence-electron chi connectivity index (χ0n) is 11.7.